The highest BCUT2D eigenvalue weighted by molar-refractivity contribution is 5.24. The molecule has 106 valence electrons. The van der Waals surface area contributed by atoms with E-state index in [2.05, 4.69) is 21.9 Å². The highest BCUT2D eigenvalue weighted by Gasteiger charge is 2.37. The molecule has 1 atom stereocenters. The molecule has 1 fully saturated rings. The molecule has 0 radical (unpaired) electrons. The summed E-state index contributed by atoms with van der Waals surface area (Å²) in [5.41, 5.74) is 0.262. The van der Waals surface area contributed by atoms with E-state index >= 15 is 0 Å². The van der Waals surface area contributed by atoms with Crippen LogP contribution in [0, 0.1) is 0 Å². The molecule has 5 heteroatoms. The van der Waals surface area contributed by atoms with Crippen molar-refractivity contribution >= 4 is 0 Å². The van der Waals surface area contributed by atoms with Gasteiger partial charge in [0.25, 0.3) is 0 Å². The van der Waals surface area contributed by atoms with Crippen LogP contribution >= 0.6 is 0 Å². The quantitative estimate of drug-likeness (QED) is 0.914. The normalized spacial score (nSPS) is 23.3. The molecule has 1 aliphatic rings. The maximum atomic E-state index is 10.8. The lowest BCUT2D eigenvalue weighted by Gasteiger charge is -2.23. The Morgan fingerprint density at radius 1 is 1.30 bits per heavy atom. The molecular formula is C15H20N4O. The molecule has 5 nitrogen and oxygen atoms in total. The van der Waals surface area contributed by atoms with Crippen LogP contribution in [0.25, 0.3) is 0 Å². The minimum Gasteiger partial charge on any atom is -0.384 e. The number of β-amino-alcohol motifs (C(OH)–C–C–N with tert-alkyl or cyclic N) is 1. The minimum atomic E-state index is -0.738. The van der Waals surface area contributed by atoms with Crippen LogP contribution in [0.4, 0.5) is 0 Å². The molecule has 1 saturated heterocycles. The first-order valence-corrected chi connectivity index (χ1v) is 7.08. The topological polar surface area (TPSA) is 54.2 Å². The SMILES string of the molecule is CCn1ncnc1CN1CC[C@@](O)(c2ccccc2)C1. The lowest BCUT2D eigenvalue weighted by molar-refractivity contribution is 0.0448. The molecule has 2 aromatic rings. The first kappa shape index (κ1) is 13.3. The van der Waals surface area contributed by atoms with Crippen molar-refractivity contribution in [3.8, 4) is 0 Å². The van der Waals surface area contributed by atoms with Crippen molar-refractivity contribution in [3.63, 3.8) is 0 Å². The molecule has 0 aliphatic carbocycles. The third-order valence-corrected chi connectivity index (χ3v) is 4.00. The number of hydrogen-bond acceptors (Lipinski definition) is 4. The molecule has 0 unspecified atom stereocenters. The number of likely N-dealkylation sites (tertiary alicyclic amines) is 1. The molecule has 3 rings (SSSR count). The monoisotopic (exact) mass is 272 g/mol. The Morgan fingerprint density at radius 3 is 2.85 bits per heavy atom. The summed E-state index contributed by atoms with van der Waals surface area (Å²) in [7, 11) is 0. The fraction of sp³-hybridized carbons (Fsp3) is 0.467. The van der Waals surface area contributed by atoms with E-state index in [1.165, 1.54) is 0 Å². The minimum absolute atomic E-state index is 0.646. The van der Waals surface area contributed by atoms with Crippen LogP contribution in [0.1, 0.15) is 24.7 Å². The number of aliphatic hydroxyl groups is 1. The van der Waals surface area contributed by atoms with Gasteiger partial charge in [-0.1, -0.05) is 30.3 Å². The van der Waals surface area contributed by atoms with Gasteiger partial charge in [0.2, 0.25) is 0 Å². The summed E-state index contributed by atoms with van der Waals surface area (Å²) in [6.07, 6.45) is 2.36. The summed E-state index contributed by atoms with van der Waals surface area (Å²) in [5, 5.41) is 15.0. The van der Waals surface area contributed by atoms with Crippen molar-refractivity contribution in [2.45, 2.75) is 32.0 Å². The predicted octanol–water partition coefficient (Wildman–Crippen LogP) is 1.39. The highest BCUT2D eigenvalue weighted by atomic mass is 16.3. The predicted molar refractivity (Wildman–Crippen MR) is 75.9 cm³/mol. The van der Waals surface area contributed by atoms with Crippen LogP contribution in [0.15, 0.2) is 36.7 Å². The molecule has 0 saturated carbocycles. The fourth-order valence-electron chi connectivity index (χ4n) is 2.86. The molecule has 20 heavy (non-hydrogen) atoms. The van der Waals surface area contributed by atoms with Gasteiger partial charge in [0.05, 0.1) is 6.54 Å². The molecule has 0 bridgehead atoms. The maximum Gasteiger partial charge on any atom is 0.140 e. The van der Waals surface area contributed by atoms with E-state index in [1.54, 1.807) is 6.33 Å². The van der Waals surface area contributed by atoms with E-state index in [-0.39, 0.29) is 0 Å². The van der Waals surface area contributed by atoms with Crippen molar-refractivity contribution in [1.82, 2.24) is 19.7 Å². The maximum absolute atomic E-state index is 10.8. The zero-order valence-electron chi connectivity index (χ0n) is 11.7. The molecule has 1 aromatic heterocycles. The molecule has 0 spiro atoms. The second-order valence-electron chi connectivity index (χ2n) is 5.35. The third kappa shape index (κ3) is 2.46. The zero-order chi connectivity index (χ0) is 14.0. The lowest BCUT2D eigenvalue weighted by atomic mass is 9.93. The van der Waals surface area contributed by atoms with Gasteiger partial charge in [0.1, 0.15) is 17.8 Å². The number of aromatic nitrogens is 3. The molecule has 0 amide bonds. The Morgan fingerprint density at radius 2 is 2.10 bits per heavy atom. The van der Waals surface area contributed by atoms with Gasteiger partial charge in [-0.2, -0.15) is 5.10 Å². The number of hydrogen-bond donors (Lipinski definition) is 1. The van der Waals surface area contributed by atoms with Gasteiger partial charge in [-0.3, -0.25) is 4.90 Å². The molecule has 2 heterocycles. The van der Waals surface area contributed by atoms with E-state index in [1.807, 2.05) is 35.0 Å². The summed E-state index contributed by atoms with van der Waals surface area (Å²) in [4.78, 5) is 6.54. The van der Waals surface area contributed by atoms with Crippen molar-refractivity contribution in [2.24, 2.45) is 0 Å². The summed E-state index contributed by atoms with van der Waals surface area (Å²) in [6.45, 7) is 5.15. The Hall–Kier alpha value is -1.72. The van der Waals surface area contributed by atoms with Gasteiger partial charge in [-0.25, -0.2) is 9.67 Å². The van der Waals surface area contributed by atoms with Crippen LogP contribution in [-0.4, -0.2) is 37.9 Å². The third-order valence-electron chi connectivity index (χ3n) is 4.00. The van der Waals surface area contributed by atoms with E-state index in [9.17, 15) is 5.11 Å². The number of nitrogens with zero attached hydrogens (tertiary/aromatic N) is 4. The van der Waals surface area contributed by atoms with Gasteiger partial charge in [0, 0.05) is 19.6 Å². The second-order valence-corrected chi connectivity index (χ2v) is 5.35. The Labute approximate surface area is 118 Å². The lowest BCUT2D eigenvalue weighted by Crippen LogP contribution is -2.31. The van der Waals surface area contributed by atoms with Crippen LogP contribution < -0.4 is 0 Å². The Bertz CT molecular complexity index is 568. The van der Waals surface area contributed by atoms with E-state index in [0.717, 1.165) is 37.4 Å². The standard InChI is InChI=1S/C15H20N4O/c1-2-19-14(16-12-17-19)10-18-9-8-15(20,11-18)13-6-4-3-5-7-13/h3-7,12,20H,2,8-11H2,1H3/t15-/m0/s1. The van der Waals surface area contributed by atoms with Crippen molar-refractivity contribution in [1.29, 1.82) is 0 Å². The number of aryl methyl sites for hydroxylation is 1. The Kier molecular flexibility index (Phi) is 3.54. The van der Waals surface area contributed by atoms with Crippen molar-refractivity contribution < 1.29 is 5.11 Å². The van der Waals surface area contributed by atoms with Gasteiger partial charge < -0.3 is 5.11 Å². The average Bonchev–Trinajstić information content (AvgIpc) is 3.08. The largest absolute Gasteiger partial charge is 0.384 e. The van der Waals surface area contributed by atoms with Crippen LogP contribution in [-0.2, 0) is 18.7 Å². The summed E-state index contributed by atoms with van der Waals surface area (Å²) < 4.78 is 1.90. The van der Waals surface area contributed by atoms with Crippen molar-refractivity contribution in [2.75, 3.05) is 13.1 Å². The van der Waals surface area contributed by atoms with E-state index < -0.39 is 5.60 Å². The molecule has 1 aromatic carbocycles. The molecule has 1 aliphatic heterocycles. The summed E-state index contributed by atoms with van der Waals surface area (Å²) in [5.74, 6) is 0.963. The zero-order valence-corrected chi connectivity index (χ0v) is 11.7. The van der Waals surface area contributed by atoms with Crippen LogP contribution in [0.5, 0.6) is 0 Å². The van der Waals surface area contributed by atoms with Gasteiger partial charge in [0.15, 0.2) is 0 Å². The summed E-state index contributed by atoms with van der Waals surface area (Å²) in [6, 6.07) is 9.92. The van der Waals surface area contributed by atoms with Gasteiger partial charge in [-0.05, 0) is 18.9 Å². The first-order chi connectivity index (χ1) is 9.71. The number of benzene rings is 1. The van der Waals surface area contributed by atoms with Crippen LogP contribution in [0.2, 0.25) is 0 Å². The van der Waals surface area contributed by atoms with Crippen molar-refractivity contribution in [3.05, 3.63) is 48.0 Å². The number of rotatable bonds is 4. The highest BCUT2D eigenvalue weighted by Crippen LogP contribution is 2.32. The molecular weight excluding hydrogens is 252 g/mol. The average molecular weight is 272 g/mol. The smallest absolute Gasteiger partial charge is 0.140 e. The van der Waals surface area contributed by atoms with Gasteiger partial charge >= 0.3 is 0 Å². The first-order valence-electron chi connectivity index (χ1n) is 7.08. The van der Waals surface area contributed by atoms with E-state index in [0.29, 0.717) is 6.54 Å². The fourth-order valence-corrected chi connectivity index (χ4v) is 2.86. The van der Waals surface area contributed by atoms with Gasteiger partial charge in [-0.15, -0.1) is 0 Å². The van der Waals surface area contributed by atoms with E-state index in [4.69, 9.17) is 0 Å². The summed E-state index contributed by atoms with van der Waals surface area (Å²) >= 11 is 0. The van der Waals surface area contributed by atoms with Crippen LogP contribution in [0.3, 0.4) is 0 Å². The second kappa shape index (κ2) is 5.34. The Balaban J connectivity index is 1.71. The molecule has 1 N–H and O–H groups in total.